The number of rotatable bonds is 3. The fourth-order valence-corrected chi connectivity index (χ4v) is 3.93. The number of piperidine rings is 1. The molecule has 2 fully saturated rings. The molecule has 19 heavy (non-hydrogen) atoms. The molecule has 104 valence electrons. The van der Waals surface area contributed by atoms with Gasteiger partial charge in [-0.3, -0.25) is 4.79 Å². The van der Waals surface area contributed by atoms with Crippen molar-refractivity contribution in [3.63, 3.8) is 0 Å². The maximum atomic E-state index is 12.7. The van der Waals surface area contributed by atoms with Crippen LogP contribution in [-0.2, 0) is 0 Å². The Morgan fingerprint density at radius 3 is 2.95 bits per heavy atom. The molecule has 0 spiro atoms. The van der Waals surface area contributed by atoms with Gasteiger partial charge in [0.1, 0.15) is 0 Å². The average molecular weight is 278 g/mol. The zero-order chi connectivity index (χ0) is 13.4. The normalized spacial score (nSPS) is 25.4. The molecule has 3 nitrogen and oxygen atoms in total. The van der Waals surface area contributed by atoms with Crippen LogP contribution in [0, 0.1) is 5.92 Å². The molecule has 3 rings (SSSR count). The highest BCUT2D eigenvalue weighted by atomic mass is 32.1. The molecule has 1 saturated carbocycles. The summed E-state index contributed by atoms with van der Waals surface area (Å²) in [6, 6.07) is 2.32. The van der Waals surface area contributed by atoms with Crippen molar-refractivity contribution in [3.8, 4) is 0 Å². The van der Waals surface area contributed by atoms with E-state index in [4.69, 9.17) is 5.73 Å². The molecule has 2 N–H and O–H groups in total. The SMILES string of the molecule is C[C@H](N)[C@H]1CCCN(C(=O)c2sccc2C2CC2)C1. The van der Waals surface area contributed by atoms with E-state index >= 15 is 0 Å². The predicted molar refractivity (Wildman–Crippen MR) is 78.6 cm³/mol. The Morgan fingerprint density at radius 1 is 1.47 bits per heavy atom. The third-order valence-electron chi connectivity index (χ3n) is 4.40. The minimum atomic E-state index is 0.182. The van der Waals surface area contributed by atoms with E-state index in [-0.39, 0.29) is 11.9 Å². The summed E-state index contributed by atoms with van der Waals surface area (Å²) < 4.78 is 0. The van der Waals surface area contributed by atoms with Crippen LogP contribution in [0.2, 0.25) is 0 Å². The van der Waals surface area contributed by atoms with Gasteiger partial charge in [-0.1, -0.05) is 0 Å². The molecule has 0 bridgehead atoms. The van der Waals surface area contributed by atoms with Crippen molar-refractivity contribution in [1.82, 2.24) is 4.90 Å². The van der Waals surface area contributed by atoms with Gasteiger partial charge in [0, 0.05) is 19.1 Å². The molecule has 1 aliphatic carbocycles. The Bertz CT molecular complexity index is 464. The highest BCUT2D eigenvalue weighted by molar-refractivity contribution is 7.12. The first kappa shape index (κ1) is 13.1. The second-order valence-corrected chi connectivity index (χ2v) is 6.91. The van der Waals surface area contributed by atoms with Crippen LogP contribution in [0.3, 0.4) is 0 Å². The predicted octanol–water partition coefficient (Wildman–Crippen LogP) is 2.82. The zero-order valence-electron chi connectivity index (χ0n) is 11.5. The molecule has 2 heterocycles. The first-order valence-corrected chi connectivity index (χ1v) is 8.17. The number of nitrogens with zero attached hydrogens (tertiary/aromatic N) is 1. The van der Waals surface area contributed by atoms with E-state index in [1.807, 2.05) is 4.90 Å². The van der Waals surface area contributed by atoms with E-state index in [1.54, 1.807) is 11.3 Å². The van der Waals surface area contributed by atoms with Crippen molar-refractivity contribution in [1.29, 1.82) is 0 Å². The molecule has 1 aliphatic heterocycles. The van der Waals surface area contributed by atoms with E-state index in [0.29, 0.717) is 11.8 Å². The molecule has 1 aromatic heterocycles. The van der Waals surface area contributed by atoms with Crippen molar-refractivity contribution < 1.29 is 4.79 Å². The molecule has 1 saturated heterocycles. The van der Waals surface area contributed by atoms with Gasteiger partial charge in [0.25, 0.3) is 5.91 Å². The Hall–Kier alpha value is -0.870. The fourth-order valence-electron chi connectivity index (χ4n) is 2.98. The lowest BCUT2D eigenvalue weighted by atomic mass is 9.92. The second kappa shape index (κ2) is 5.25. The number of nitrogens with two attached hydrogens (primary N) is 1. The van der Waals surface area contributed by atoms with Crippen molar-refractivity contribution in [2.75, 3.05) is 13.1 Å². The summed E-state index contributed by atoms with van der Waals surface area (Å²) in [5.41, 5.74) is 7.29. The van der Waals surface area contributed by atoms with Crippen molar-refractivity contribution in [3.05, 3.63) is 21.9 Å². The quantitative estimate of drug-likeness (QED) is 0.924. The van der Waals surface area contributed by atoms with Crippen LogP contribution in [0.15, 0.2) is 11.4 Å². The molecule has 2 atom stereocenters. The minimum Gasteiger partial charge on any atom is -0.338 e. The molecule has 0 aromatic carbocycles. The van der Waals surface area contributed by atoms with E-state index in [1.165, 1.54) is 18.4 Å². The van der Waals surface area contributed by atoms with Crippen LogP contribution in [-0.4, -0.2) is 29.9 Å². The minimum absolute atomic E-state index is 0.182. The van der Waals surface area contributed by atoms with Crippen LogP contribution in [0.5, 0.6) is 0 Å². The first-order chi connectivity index (χ1) is 9.16. The number of carbonyl (C=O) groups excluding carboxylic acids is 1. The maximum Gasteiger partial charge on any atom is 0.264 e. The lowest BCUT2D eigenvalue weighted by molar-refractivity contribution is 0.0665. The molecule has 2 aliphatic rings. The second-order valence-electron chi connectivity index (χ2n) is 5.99. The summed E-state index contributed by atoms with van der Waals surface area (Å²) in [7, 11) is 0. The third-order valence-corrected chi connectivity index (χ3v) is 5.31. The highest BCUT2D eigenvalue weighted by Crippen LogP contribution is 2.43. The lowest BCUT2D eigenvalue weighted by Crippen LogP contribution is -2.45. The standard InChI is InChI=1S/C15H22N2OS/c1-10(16)12-3-2-7-17(9-12)15(18)14-13(6-8-19-14)11-4-5-11/h6,8,10-12H,2-5,7,9,16H2,1H3/t10-,12-/m0/s1. The smallest absolute Gasteiger partial charge is 0.264 e. The third kappa shape index (κ3) is 2.70. The van der Waals surface area contributed by atoms with Crippen LogP contribution in [0.25, 0.3) is 0 Å². The molecular weight excluding hydrogens is 256 g/mol. The maximum absolute atomic E-state index is 12.7. The van der Waals surface area contributed by atoms with Gasteiger partial charge < -0.3 is 10.6 Å². The van der Waals surface area contributed by atoms with Crippen LogP contribution in [0.4, 0.5) is 0 Å². The number of carbonyl (C=O) groups is 1. The monoisotopic (exact) mass is 278 g/mol. The Kier molecular flexibility index (Phi) is 3.63. The van der Waals surface area contributed by atoms with Crippen molar-refractivity contribution >= 4 is 17.2 Å². The Morgan fingerprint density at radius 2 is 2.26 bits per heavy atom. The summed E-state index contributed by atoms with van der Waals surface area (Å²) in [6.45, 7) is 3.78. The Labute approximate surface area is 118 Å². The van der Waals surface area contributed by atoms with Gasteiger partial charge in [0.2, 0.25) is 0 Å². The summed E-state index contributed by atoms with van der Waals surface area (Å²) in [6.07, 6.45) is 4.74. The van der Waals surface area contributed by atoms with Gasteiger partial charge >= 0.3 is 0 Å². The van der Waals surface area contributed by atoms with Crippen molar-refractivity contribution in [2.24, 2.45) is 11.7 Å². The largest absolute Gasteiger partial charge is 0.338 e. The van der Waals surface area contributed by atoms with E-state index < -0.39 is 0 Å². The fraction of sp³-hybridized carbons (Fsp3) is 0.667. The van der Waals surface area contributed by atoms with Gasteiger partial charge in [-0.05, 0) is 61.5 Å². The Balaban J connectivity index is 1.74. The number of hydrogen-bond acceptors (Lipinski definition) is 3. The molecule has 0 unspecified atom stereocenters. The van der Waals surface area contributed by atoms with E-state index in [9.17, 15) is 4.79 Å². The molecule has 1 amide bonds. The van der Waals surface area contributed by atoms with Gasteiger partial charge in [-0.25, -0.2) is 0 Å². The van der Waals surface area contributed by atoms with E-state index in [0.717, 1.165) is 30.8 Å². The topological polar surface area (TPSA) is 46.3 Å². The number of thiophene rings is 1. The molecule has 0 radical (unpaired) electrons. The first-order valence-electron chi connectivity index (χ1n) is 7.29. The lowest BCUT2D eigenvalue weighted by Gasteiger charge is -2.34. The van der Waals surface area contributed by atoms with Crippen molar-refractivity contribution in [2.45, 2.75) is 44.6 Å². The van der Waals surface area contributed by atoms with Gasteiger partial charge in [0.05, 0.1) is 4.88 Å². The van der Waals surface area contributed by atoms with Gasteiger partial charge in [-0.15, -0.1) is 11.3 Å². The molecular formula is C15H22N2OS. The number of hydrogen-bond donors (Lipinski definition) is 1. The number of likely N-dealkylation sites (tertiary alicyclic amines) is 1. The van der Waals surface area contributed by atoms with Crippen LogP contribution in [0.1, 0.15) is 53.8 Å². The van der Waals surface area contributed by atoms with Gasteiger partial charge in [-0.2, -0.15) is 0 Å². The average Bonchev–Trinajstić information content (AvgIpc) is 3.15. The summed E-state index contributed by atoms with van der Waals surface area (Å²) >= 11 is 1.61. The van der Waals surface area contributed by atoms with E-state index in [2.05, 4.69) is 18.4 Å². The molecule has 1 aromatic rings. The van der Waals surface area contributed by atoms with Crippen LogP contribution < -0.4 is 5.73 Å². The number of amides is 1. The van der Waals surface area contributed by atoms with Gasteiger partial charge in [0.15, 0.2) is 0 Å². The van der Waals surface area contributed by atoms with Crippen LogP contribution >= 0.6 is 11.3 Å². The summed E-state index contributed by atoms with van der Waals surface area (Å²) in [4.78, 5) is 15.7. The summed E-state index contributed by atoms with van der Waals surface area (Å²) in [5, 5.41) is 2.06. The summed E-state index contributed by atoms with van der Waals surface area (Å²) in [5.74, 6) is 1.35. The molecule has 4 heteroatoms. The zero-order valence-corrected chi connectivity index (χ0v) is 12.3. The highest BCUT2D eigenvalue weighted by Gasteiger charge is 2.32.